The fourth-order valence-electron chi connectivity index (χ4n) is 5.80. The second-order valence-corrected chi connectivity index (χ2v) is 8.12. The van der Waals surface area contributed by atoms with E-state index in [0.29, 0.717) is 23.5 Å². The lowest BCUT2D eigenvalue weighted by molar-refractivity contribution is -0.0226. The van der Waals surface area contributed by atoms with Crippen LogP contribution in [0, 0.1) is 17.3 Å². The average molecular weight is 332 g/mol. The van der Waals surface area contributed by atoms with Crippen LogP contribution in [-0.4, -0.2) is 30.2 Å². The van der Waals surface area contributed by atoms with Gasteiger partial charge in [0.2, 0.25) is 0 Å². The van der Waals surface area contributed by atoms with Crippen LogP contribution in [0.15, 0.2) is 12.1 Å². The van der Waals surface area contributed by atoms with Crippen LogP contribution >= 0.6 is 0 Å². The van der Waals surface area contributed by atoms with E-state index >= 15 is 0 Å². The smallest absolute Gasteiger partial charge is 0.188 e. The fraction of sp³-hybridized carbons (Fsp3) is 0.700. The van der Waals surface area contributed by atoms with Crippen LogP contribution in [0.2, 0.25) is 0 Å². The molecule has 3 aliphatic rings. The Labute approximate surface area is 143 Å². The van der Waals surface area contributed by atoms with E-state index in [4.69, 9.17) is 9.47 Å². The van der Waals surface area contributed by atoms with E-state index in [1.807, 2.05) is 12.1 Å². The minimum absolute atomic E-state index is 0.0994. The molecule has 0 radical (unpaired) electrons. The number of aliphatic hydroxyl groups excluding tert-OH is 1. The Morgan fingerprint density at radius 1 is 1.21 bits per heavy atom. The highest BCUT2D eigenvalue weighted by Crippen LogP contribution is 2.61. The molecule has 1 aromatic carbocycles. The Morgan fingerprint density at radius 3 is 2.83 bits per heavy atom. The van der Waals surface area contributed by atoms with Crippen molar-refractivity contribution in [2.75, 3.05) is 13.9 Å². The molecule has 1 aromatic rings. The molecule has 0 saturated heterocycles. The number of fused-ring (bicyclic) bond motifs is 5. The first kappa shape index (κ1) is 16.2. The summed E-state index contributed by atoms with van der Waals surface area (Å²) in [7, 11) is 1.58. The van der Waals surface area contributed by atoms with Gasteiger partial charge in [0.15, 0.2) is 18.3 Å². The zero-order valence-electron chi connectivity index (χ0n) is 14.6. The number of aromatic hydroxyl groups is 1. The van der Waals surface area contributed by atoms with Crippen LogP contribution in [0.3, 0.4) is 0 Å². The van der Waals surface area contributed by atoms with E-state index in [-0.39, 0.29) is 24.1 Å². The van der Waals surface area contributed by atoms with Gasteiger partial charge in [-0.1, -0.05) is 6.92 Å². The minimum atomic E-state index is -0.136. The van der Waals surface area contributed by atoms with Gasteiger partial charge < -0.3 is 19.7 Å². The number of aliphatic hydroxyl groups is 1. The van der Waals surface area contributed by atoms with Crippen molar-refractivity contribution in [3.05, 3.63) is 23.3 Å². The van der Waals surface area contributed by atoms with E-state index in [9.17, 15) is 10.2 Å². The molecule has 0 aliphatic heterocycles. The topological polar surface area (TPSA) is 58.9 Å². The molecule has 2 saturated carbocycles. The lowest BCUT2D eigenvalue weighted by Crippen LogP contribution is -2.43. The van der Waals surface area contributed by atoms with Gasteiger partial charge in [-0.05, 0) is 85.0 Å². The summed E-state index contributed by atoms with van der Waals surface area (Å²) in [5.74, 6) is 2.50. The van der Waals surface area contributed by atoms with Crippen LogP contribution in [0.1, 0.15) is 56.1 Å². The van der Waals surface area contributed by atoms with Crippen molar-refractivity contribution in [2.45, 2.75) is 57.5 Å². The van der Waals surface area contributed by atoms with Crippen molar-refractivity contribution in [1.82, 2.24) is 0 Å². The Balaban J connectivity index is 1.64. The molecule has 132 valence electrons. The van der Waals surface area contributed by atoms with Gasteiger partial charge in [0.1, 0.15) is 0 Å². The molecule has 3 aliphatic carbocycles. The molecular weight excluding hydrogens is 304 g/mol. The predicted octanol–water partition coefficient (Wildman–Crippen LogP) is 3.59. The molecular formula is C20H28O4. The molecule has 4 rings (SSSR count). The number of phenolic OH excluding ortho intramolecular Hbond substituents is 1. The Morgan fingerprint density at radius 2 is 2.04 bits per heavy atom. The number of aryl methyl sites for hydroxylation is 1. The number of methoxy groups -OCH3 is 1. The van der Waals surface area contributed by atoms with Gasteiger partial charge in [0.25, 0.3) is 0 Å². The van der Waals surface area contributed by atoms with Crippen molar-refractivity contribution in [2.24, 2.45) is 17.3 Å². The number of hydrogen-bond donors (Lipinski definition) is 2. The summed E-state index contributed by atoms with van der Waals surface area (Å²) in [6, 6.07) is 3.92. The molecule has 0 aromatic heterocycles. The monoisotopic (exact) mass is 332 g/mol. The van der Waals surface area contributed by atoms with Crippen LogP contribution in [-0.2, 0) is 11.2 Å². The van der Waals surface area contributed by atoms with Gasteiger partial charge in [0.05, 0.1) is 6.10 Å². The third-order valence-corrected chi connectivity index (χ3v) is 7.09. The Hall–Kier alpha value is -1.26. The molecule has 0 amide bonds. The van der Waals surface area contributed by atoms with E-state index in [2.05, 4.69) is 6.92 Å². The van der Waals surface area contributed by atoms with Crippen molar-refractivity contribution in [3.8, 4) is 11.5 Å². The summed E-state index contributed by atoms with van der Waals surface area (Å²) >= 11 is 0. The number of phenols is 1. The summed E-state index contributed by atoms with van der Waals surface area (Å²) in [5, 5.41) is 20.8. The summed E-state index contributed by atoms with van der Waals surface area (Å²) in [5.41, 5.74) is 2.71. The normalized spacial score (nSPS) is 37.5. The Kier molecular flexibility index (Phi) is 4.00. The first-order valence-corrected chi connectivity index (χ1v) is 9.20. The highest BCUT2D eigenvalue weighted by atomic mass is 16.7. The Bertz CT molecular complexity index is 628. The molecule has 5 atom stereocenters. The largest absolute Gasteiger partial charge is 0.504 e. The van der Waals surface area contributed by atoms with Crippen molar-refractivity contribution in [3.63, 3.8) is 0 Å². The summed E-state index contributed by atoms with van der Waals surface area (Å²) in [6.07, 6.45) is 6.37. The van der Waals surface area contributed by atoms with Gasteiger partial charge >= 0.3 is 0 Å². The quantitative estimate of drug-likeness (QED) is 0.831. The average Bonchev–Trinajstić information content (AvgIpc) is 2.88. The molecule has 4 heteroatoms. The maximum Gasteiger partial charge on any atom is 0.188 e. The third-order valence-electron chi connectivity index (χ3n) is 7.09. The number of hydrogen-bond acceptors (Lipinski definition) is 4. The number of benzene rings is 1. The minimum Gasteiger partial charge on any atom is -0.504 e. The summed E-state index contributed by atoms with van der Waals surface area (Å²) in [6.45, 7) is 2.44. The molecule has 2 N–H and O–H groups in total. The summed E-state index contributed by atoms with van der Waals surface area (Å²) in [4.78, 5) is 0. The molecule has 24 heavy (non-hydrogen) atoms. The maximum atomic E-state index is 10.5. The van der Waals surface area contributed by atoms with E-state index in [1.165, 1.54) is 17.5 Å². The van der Waals surface area contributed by atoms with Gasteiger partial charge in [0, 0.05) is 7.11 Å². The molecule has 4 nitrogen and oxygen atoms in total. The SMILES string of the molecule is COCOc1cc2c(cc1O)[C@H]1CC[C@]3(C)[C@@H](O)CC[C@H]3[C@@H]1CC2. The van der Waals surface area contributed by atoms with Crippen molar-refractivity contribution in [1.29, 1.82) is 0 Å². The van der Waals surface area contributed by atoms with Crippen LogP contribution in [0.25, 0.3) is 0 Å². The molecule has 0 spiro atoms. The zero-order chi connectivity index (χ0) is 16.9. The van der Waals surface area contributed by atoms with E-state index in [0.717, 1.165) is 32.1 Å². The van der Waals surface area contributed by atoms with Gasteiger partial charge in [-0.3, -0.25) is 0 Å². The molecule has 0 unspecified atom stereocenters. The van der Waals surface area contributed by atoms with Gasteiger partial charge in [-0.25, -0.2) is 0 Å². The second-order valence-electron chi connectivity index (χ2n) is 8.12. The predicted molar refractivity (Wildman–Crippen MR) is 91.2 cm³/mol. The molecule has 0 heterocycles. The highest BCUT2D eigenvalue weighted by Gasteiger charge is 2.54. The van der Waals surface area contributed by atoms with Crippen LogP contribution in [0.4, 0.5) is 0 Å². The first-order valence-electron chi connectivity index (χ1n) is 9.20. The molecule has 0 bridgehead atoms. The van der Waals surface area contributed by atoms with Crippen LogP contribution in [0.5, 0.6) is 11.5 Å². The lowest BCUT2D eigenvalue weighted by Gasteiger charge is -2.50. The van der Waals surface area contributed by atoms with E-state index in [1.54, 1.807) is 7.11 Å². The van der Waals surface area contributed by atoms with Gasteiger partial charge in [-0.15, -0.1) is 0 Å². The van der Waals surface area contributed by atoms with Crippen LogP contribution < -0.4 is 4.74 Å². The number of ether oxygens (including phenoxy) is 2. The zero-order valence-corrected chi connectivity index (χ0v) is 14.6. The molecule has 2 fully saturated rings. The lowest BCUT2D eigenvalue weighted by atomic mass is 9.55. The first-order chi connectivity index (χ1) is 11.5. The number of rotatable bonds is 3. The summed E-state index contributed by atoms with van der Waals surface area (Å²) < 4.78 is 10.4. The second kappa shape index (κ2) is 5.92. The maximum absolute atomic E-state index is 10.5. The standard InChI is InChI=1S/C20H28O4/c1-20-8-7-13-14(16(20)5-6-19(20)22)4-3-12-9-18(24-11-23-2)17(21)10-15(12)13/h9-10,13-14,16,19,21-22H,3-8,11H2,1-2H3/t13-,14+,16-,19-,20-/m0/s1. The van der Waals surface area contributed by atoms with Gasteiger partial charge in [-0.2, -0.15) is 0 Å². The third kappa shape index (κ3) is 2.34. The highest BCUT2D eigenvalue weighted by molar-refractivity contribution is 5.49. The van der Waals surface area contributed by atoms with Crippen molar-refractivity contribution < 1.29 is 19.7 Å². The van der Waals surface area contributed by atoms with E-state index < -0.39 is 0 Å². The van der Waals surface area contributed by atoms with Crippen molar-refractivity contribution >= 4 is 0 Å². The fourth-order valence-corrected chi connectivity index (χ4v) is 5.80.